The average Bonchev–Trinajstić information content (AvgIpc) is 3.83. The summed E-state index contributed by atoms with van der Waals surface area (Å²) in [6.07, 6.45) is 9.35. The van der Waals surface area contributed by atoms with Crippen LogP contribution >= 0.6 is 0 Å². The molecule has 0 saturated carbocycles. The second kappa shape index (κ2) is 11.9. The molecule has 4 aromatic carbocycles. The van der Waals surface area contributed by atoms with Crippen LogP contribution in [0.25, 0.3) is 78.8 Å². The Balaban J connectivity index is 1.26. The summed E-state index contributed by atoms with van der Waals surface area (Å²) < 4.78 is 0. The van der Waals surface area contributed by atoms with E-state index in [-0.39, 0.29) is 0 Å². The Morgan fingerprint density at radius 1 is 0.435 bits per heavy atom. The van der Waals surface area contributed by atoms with E-state index in [2.05, 4.69) is 81.7 Å². The maximum absolute atomic E-state index is 5.17. The van der Waals surface area contributed by atoms with Gasteiger partial charge in [-0.15, -0.1) is 0 Å². The Hall–Kier alpha value is -6.40. The van der Waals surface area contributed by atoms with Crippen molar-refractivity contribution in [3.8, 4) is 78.8 Å². The molecule has 0 amide bonds. The Bertz CT molecular complexity index is 2250. The Morgan fingerprint density at radius 2 is 1.09 bits per heavy atom. The van der Waals surface area contributed by atoms with Crippen molar-refractivity contribution in [3.63, 3.8) is 0 Å². The van der Waals surface area contributed by atoms with Gasteiger partial charge in [0.2, 0.25) is 0 Å². The first kappa shape index (κ1) is 27.2. The zero-order valence-electron chi connectivity index (χ0n) is 24.8. The summed E-state index contributed by atoms with van der Waals surface area (Å²) in [5.41, 5.74) is 11.9. The SMILES string of the molecule is c1ccc(-c2cccnc2-c2ccccc2-c2ccnc(-c3ccccc3-c3[nH]cc(-c4ccccc4)c3-c3ncc[nH]3)n2)cc1. The third-order valence-electron chi connectivity index (χ3n) is 8.14. The quantitative estimate of drug-likeness (QED) is 0.193. The van der Waals surface area contributed by atoms with E-state index in [0.717, 1.165) is 73.0 Å². The molecule has 0 aliphatic carbocycles. The summed E-state index contributed by atoms with van der Waals surface area (Å²) in [5.74, 6) is 1.42. The smallest absolute Gasteiger partial charge is 0.160 e. The molecule has 6 nitrogen and oxygen atoms in total. The van der Waals surface area contributed by atoms with Gasteiger partial charge in [-0.1, -0.05) is 115 Å². The number of H-pyrrole nitrogens is 2. The molecule has 0 aliphatic heterocycles. The number of aromatic amines is 2. The molecule has 0 bridgehead atoms. The molecule has 8 rings (SSSR count). The summed E-state index contributed by atoms with van der Waals surface area (Å²) in [4.78, 5) is 26.3. The summed E-state index contributed by atoms with van der Waals surface area (Å²) in [7, 11) is 0. The highest BCUT2D eigenvalue weighted by Gasteiger charge is 2.22. The number of nitrogens with one attached hydrogen (secondary N) is 2. The fourth-order valence-electron chi connectivity index (χ4n) is 6.05. The van der Waals surface area contributed by atoms with Crippen LogP contribution in [-0.2, 0) is 0 Å². The highest BCUT2D eigenvalue weighted by molar-refractivity contribution is 5.95. The molecule has 4 aromatic heterocycles. The van der Waals surface area contributed by atoms with Gasteiger partial charge in [0.15, 0.2) is 5.82 Å². The average molecular weight is 593 g/mol. The largest absolute Gasteiger partial charge is 0.360 e. The van der Waals surface area contributed by atoms with Gasteiger partial charge in [0, 0.05) is 64.4 Å². The van der Waals surface area contributed by atoms with Crippen LogP contribution in [0.15, 0.2) is 158 Å². The van der Waals surface area contributed by atoms with Crippen molar-refractivity contribution in [2.24, 2.45) is 0 Å². The maximum Gasteiger partial charge on any atom is 0.160 e. The molecule has 46 heavy (non-hydrogen) atoms. The third-order valence-corrected chi connectivity index (χ3v) is 8.14. The lowest BCUT2D eigenvalue weighted by molar-refractivity contribution is 1.18. The van der Waals surface area contributed by atoms with Crippen LogP contribution in [0.5, 0.6) is 0 Å². The molecule has 218 valence electrons. The first-order valence-corrected chi connectivity index (χ1v) is 15.1. The number of aromatic nitrogens is 6. The monoisotopic (exact) mass is 592 g/mol. The minimum atomic E-state index is 0.633. The van der Waals surface area contributed by atoms with E-state index >= 15 is 0 Å². The Kier molecular flexibility index (Phi) is 7.05. The van der Waals surface area contributed by atoms with E-state index in [1.165, 1.54) is 0 Å². The number of imidazole rings is 1. The van der Waals surface area contributed by atoms with Gasteiger partial charge in [-0.3, -0.25) is 4.98 Å². The second-order valence-electron chi connectivity index (χ2n) is 10.9. The van der Waals surface area contributed by atoms with Crippen molar-refractivity contribution in [1.29, 1.82) is 0 Å². The van der Waals surface area contributed by atoms with Crippen LogP contribution in [0.3, 0.4) is 0 Å². The predicted molar refractivity (Wildman–Crippen MR) is 184 cm³/mol. The first-order chi connectivity index (χ1) is 22.8. The number of pyridine rings is 1. The number of hydrogen-bond donors (Lipinski definition) is 2. The van der Waals surface area contributed by atoms with E-state index in [4.69, 9.17) is 15.0 Å². The topological polar surface area (TPSA) is 83.1 Å². The van der Waals surface area contributed by atoms with Gasteiger partial charge in [-0.05, 0) is 23.3 Å². The molecule has 0 unspecified atom stereocenters. The van der Waals surface area contributed by atoms with Crippen molar-refractivity contribution >= 4 is 0 Å². The van der Waals surface area contributed by atoms with Crippen LogP contribution in [0, 0.1) is 0 Å². The molecule has 0 atom stereocenters. The van der Waals surface area contributed by atoms with E-state index in [0.29, 0.717) is 5.82 Å². The lowest BCUT2D eigenvalue weighted by Crippen LogP contribution is -1.97. The van der Waals surface area contributed by atoms with Crippen LogP contribution in [0.2, 0.25) is 0 Å². The summed E-state index contributed by atoms with van der Waals surface area (Å²) >= 11 is 0. The van der Waals surface area contributed by atoms with E-state index in [9.17, 15) is 0 Å². The van der Waals surface area contributed by atoms with Gasteiger partial charge >= 0.3 is 0 Å². The number of nitrogens with zero attached hydrogens (tertiary/aromatic N) is 4. The normalized spacial score (nSPS) is 11.0. The fourth-order valence-corrected chi connectivity index (χ4v) is 6.05. The summed E-state index contributed by atoms with van der Waals surface area (Å²) in [6.45, 7) is 0. The van der Waals surface area contributed by atoms with Gasteiger partial charge in [-0.2, -0.15) is 0 Å². The first-order valence-electron chi connectivity index (χ1n) is 15.1. The second-order valence-corrected chi connectivity index (χ2v) is 10.9. The van der Waals surface area contributed by atoms with Crippen molar-refractivity contribution in [3.05, 3.63) is 158 Å². The zero-order chi connectivity index (χ0) is 30.7. The van der Waals surface area contributed by atoms with Gasteiger partial charge in [0.1, 0.15) is 5.82 Å². The molecule has 0 spiro atoms. The summed E-state index contributed by atoms with van der Waals surface area (Å²) in [6, 6.07) is 43.3. The van der Waals surface area contributed by atoms with Crippen LogP contribution in [0.1, 0.15) is 0 Å². The molecular weight excluding hydrogens is 564 g/mol. The Labute approximate surface area is 266 Å². The van der Waals surface area contributed by atoms with Crippen molar-refractivity contribution < 1.29 is 0 Å². The molecule has 0 saturated heterocycles. The Morgan fingerprint density at radius 3 is 1.83 bits per heavy atom. The molecule has 4 heterocycles. The van der Waals surface area contributed by atoms with Gasteiger partial charge in [-0.25, -0.2) is 15.0 Å². The molecule has 0 fully saturated rings. The standard InChI is InChI=1S/C40H28N6/c1-3-12-27(13-4-1)29-20-11-22-41-37(29)31-17-8-7-16-30(31)35-21-23-42-39(46-35)33-19-10-9-18-32(33)38-36(40-43-24-25-44-40)34(26-45-38)28-14-5-2-6-15-28/h1-26,45H,(H,43,44). The van der Waals surface area contributed by atoms with Crippen molar-refractivity contribution in [2.75, 3.05) is 0 Å². The molecule has 6 heteroatoms. The lowest BCUT2D eigenvalue weighted by atomic mass is 9.94. The number of hydrogen-bond acceptors (Lipinski definition) is 4. The third kappa shape index (κ3) is 4.98. The van der Waals surface area contributed by atoms with E-state index in [1.54, 1.807) is 6.20 Å². The molecular formula is C40H28N6. The minimum Gasteiger partial charge on any atom is -0.360 e. The number of benzene rings is 4. The number of rotatable bonds is 7. The summed E-state index contributed by atoms with van der Waals surface area (Å²) in [5, 5.41) is 0. The molecule has 0 aliphatic rings. The highest BCUT2D eigenvalue weighted by Crippen LogP contribution is 2.42. The van der Waals surface area contributed by atoms with E-state index < -0.39 is 0 Å². The van der Waals surface area contributed by atoms with Gasteiger partial charge in [0.25, 0.3) is 0 Å². The highest BCUT2D eigenvalue weighted by atomic mass is 14.9. The molecule has 2 N–H and O–H groups in total. The molecule has 0 radical (unpaired) electrons. The van der Waals surface area contributed by atoms with Crippen LogP contribution < -0.4 is 0 Å². The lowest BCUT2D eigenvalue weighted by Gasteiger charge is -2.14. The fraction of sp³-hybridized carbons (Fsp3) is 0. The molecule has 8 aromatic rings. The maximum atomic E-state index is 5.17. The van der Waals surface area contributed by atoms with Crippen LogP contribution in [-0.4, -0.2) is 29.9 Å². The van der Waals surface area contributed by atoms with Crippen LogP contribution in [0.4, 0.5) is 0 Å². The van der Waals surface area contributed by atoms with Gasteiger partial charge in [0.05, 0.1) is 22.6 Å². The minimum absolute atomic E-state index is 0.633. The van der Waals surface area contributed by atoms with E-state index in [1.807, 2.05) is 85.5 Å². The van der Waals surface area contributed by atoms with Crippen molar-refractivity contribution in [1.82, 2.24) is 29.9 Å². The van der Waals surface area contributed by atoms with Gasteiger partial charge < -0.3 is 9.97 Å². The predicted octanol–water partition coefficient (Wildman–Crippen LogP) is 9.59. The zero-order valence-corrected chi connectivity index (χ0v) is 24.8. The van der Waals surface area contributed by atoms with Crippen molar-refractivity contribution in [2.45, 2.75) is 0 Å².